The quantitative estimate of drug-likeness (QED) is 0.308. The van der Waals surface area contributed by atoms with Crippen molar-refractivity contribution < 1.29 is 25.0 Å². The summed E-state index contributed by atoms with van der Waals surface area (Å²) in [4.78, 5) is 24.2. The van der Waals surface area contributed by atoms with Crippen LogP contribution >= 0.6 is 0 Å². The third-order valence-electron chi connectivity index (χ3n) is 4.73. The number of nitrogens with zero attached hydrogens (tertiary/aromatic N) is 1. The molecule has 0 fully saturated rings. The van der Waals surface area contributed by atoms with E-state index in [4.69, 9.17) is 5.11 Å². The predicted molar refractivity (Wildman–Crippen MR) is 120 cm³/mol. The van der Waals surface area contributed by atoms with Gasteiger partial charge in [-0.25, -0.2) is 9.86 Å². The summed E-state index contributed by atoms with van der Waals surface area (Å²) < 4.78 is 0. The van der Waals surface area contributed by atoms with Gasteiger partial charge in [0.2, 0.25) is 0 Å². The van der Waals surface area contributed by atoms with Crippen molar-refractivity contribution in [2.45, 2.75) is 39.8 Å². The molecule has 5 N–H and O–H groups in total. The lowest BCUT2D eigenvalue weighted by Crippen LogP contribution is -2.52. The molecule has 0 saturated carbocycles. The molecule has 2 aromatic carbocycles. The van der Waals surface area contributed by atoms with Gasteiger partial charge in [0.25, 0.3) is 5.91 Å². The summed E-state index contributed by atoms with van der Waals surface area (Å²) in [6.07, 6.45) is -0.0383. The van der Waals surface area contributed by atoms with E-state index in [-0.39, 0.29) is 27.1 Å². The number of carbonyl (C=O) groups is 2. The highest BCUT2D eigenvalue weighted by Gasteiger charge is 2.23. The van der Waals surface area contributed by atoms with E-state index in [9.17, 15) is 19.9 Å². The number of hydrogen-bond acceptors (Lipinski definition) is 5. The van der Waals surface area contributed by atoms with Crippen molar-refractivity contribution in [1.29, 1.82) is 0 Å². The van der Waals surface area contributed by atoms with Gasteiger partial charge in [0.15, 0.2) is 0 Å². The van der Waals surface area contributed by atoms with E-state index in [0.717, 1.165) is 17.5 Å². The zero-order valence-electron chi connectivity index (χ0n) is 17.2. The highest BCUT2D eigenvalue weighted by Crippen LogP contribution is 2.20. The molecule has 8 nitrogen and oxygen atoms in total. The SMILES string of the molecule is C.CCc1ccc(-c2ccc(C(=O)N[C@H](CN(O)C(=O)NCCO)[C@@H](C)O)cc2)cc1. The molecule has 2 atom stereocenters. The topological polar surface area (TPSA) is 122 Å². The summed E-state index contributed by atoms with van der Waals surface area (Å²) in [5.74, 6) is -0.432. The lowest BCUT2D eigenvalue weighted by atomic mass is 10.0. The molecule has 0 aliphatic rings. The standard InChI is InChI=1S/C22H29N3O5.CH4/c1-3-16-4-6-17(7-5-16)18-8-10-19(11-9-18)21(28)24-20(15(2)27)14-25(30)22(29)23-12-13-26;/h4-11,15,20,26-27,30H,3,12-14H2,1-2H3,(H,23,29)(H,24,28);1H4/t15-,20-;/m1./s1. The van der Waals surface area contributed by atoms with E-state index in [1.54, 1.807) is 12.1 Å². The first-order valence-corrected chi connectivity index (χ1v) is 9.89. The van der Waals surface area contributed by atoms with E-state index in [2.05, 4.69) is 29.7 Å². The van der Waals surface area contributed by atoms with Gasteiger partial charge in [0, 0.05) is 12.1 Å². The Morgan fingerprint density at radius 2 is 1.58 bits per heavy atom. The molecule has 170 valence electrons. The second kappa shape index (κ2) is 12.7. The molecule has 0 aliphatic heterocycles. The summed E-state index contributed by atoms with van der Waals surface area (Å²) in [5, 5.41) is 33.7. The smallest absolute Gasteiger partial charge is 0.341 e. The summed E-state index contributed by atoms with van der Waals surface area (Å²) >= 11 is 0. The highest BCUT2D eigenvalue weighted by molar-refractivity contribution is 5.95. The number of hydroxylamine groups is 2. The zero-order chi connectivity index (χ0) is 22.1. The zero-order valence-corrected chi connectivity index (χ0v) is 17.2. The molecule has 0 heterocycles. The van der Waals surface area contributed by atoms with Crippen molar-refractivity contribution in [2.75, 3.05) is 19.7 Å². The van der Waals surface area contributed by atoms with Crippen LogP contribution in [0.2, 0.25) is 0 Å². The maximum absolute atomic E-state index is 12.6. The number of amides is 3. The van der Waals surface area contributed by atoms with Crippen LogP contribution in [0, 0.1) is 0 Å². The molecule has 0 bridgehead atoms. The average Bonchev–Trinajstić information content (AvgIpc) is 2.76. The first kappa shape index (κ1) is 26.1. The number of rotatable bonds is 9. The molecule has 0 aromatic heterocycles. The van der Waals surface area contributed by atoms with E-state index in [1.807, 2.05) is 24.3 Å². The lowest BCUT2D eigenvalue weighted by molar-refractivity contribution is -0.0580. The monoisotopic (exact) mass is 431 g/mol. The maximum Gasteiger partial charge on any atom is 0.341 e. The molecule has 3 amide bonds. The van der Waals surface area contributed by atoms with E-state index in [0.29, 0.717) is 10.6 Å². The Bertz CT molecular complexity index is 822. The van der Waals surface area contributed by atoms with Gasteiger partial charge in [-0.2, -0.15) is 0 Å². The molecule has 2 rings (SSSR count). The Labute approximate surface area is 183 Å². The van der Waals surface area contributed by atoms with Gasteiger partial charge in [-0.05, 0) is 42.2 Å². The molecule has 2 aromatic rings. The van der Waals surface area contributed by atoms with Crippen molar-refractivity contribution in [2.24, 2.45) is 0 Å². The Kier molecular flexibility index (Phi) is 10.7. The number of benzene rings is 2. The van der Waals surface area contributed by atoms with Crippen molar-refractivity contribution >= 4 is 11.9 Å². The number of aliphatic hydroxyl groups excluding tert-OH is 2. The molecular formula is C23H33N3O5. The first-order chi connectivity index (χ1) is 14.3. The van der Waals surface area contributed by atoms with Gasteiger partial charge in [-0.1, -0.05) is 50.7 Å². The Hall–Kier alpha value is -2.94. The molecular weight excluding hydrogens is 398 g/mol. The van der Waals surface area contributed by atoms with Crippen molar-refractivity contribution in [3.63, 3.8) is 0 Å². The van der Waals surface area contributed by atoms with Gasteiger partial charge in [-0.15, -0.1) is 0 Å². The third-order valence-corrected chi connectivity index (χ3v) is 4.73. The minimum atomic E-state index is -1.01. The van der Waals surface area contributed by atoms with Crippen molar-refractivity contribution in [1.82, 2.24) is 15.7 Å². The maximum atomic E-state index is 12.6. The Balaban J connectivity index is 0.00000480. The van der Waals surface area contributed by atoms with E-state index < -0.39 is 24.1 Å². The fourth-order valence-corrected chi connectivity index (χ4v) is 2.84. The van der Waals surface area contributed by atoms with Gasteiger partial charge < -0.3 is 20.8 Å². The third kappa shape index (κ3) is 7.67. The van der Waals surface area contributed by atoms with Crippen LogP contribution in [-0.4, -0.2) is 64.3 Å². The van der Waals surface area contributed by atoms with Crippen molar-refractivity contribution in [3.05, 3.63) is 59.7 Å². The van der Waals surface area contributed by atoms with Crippen molar-refractivity contribution in [3.8, 4) is 11.1 Å². The average molecular weight is 432 g/mol. The largest absolute Gasteiger partial charge is 0.395 e. The number of urea groups is 1. The second-order valence-corrected chi connectivity index (χ2v) is 6.99. The second-order valence-electron chi connectivity index (χ2n) is 6.99. The van der Waals surface area contributed by atoms with Crippen LogP contribution in [-0.2, 0) is 6.42 Å². The molecule has 0 radical (unpaired) electrons. The van der Waals surface area contributed by atoms with Crippen LogP contribution in [0.1, 0.15) is 37.2 Å². The number of aliphatic hydroxyl groups is 2. The Morgan fingerprint density at radius 1 is 1.03 bits per heavy atom. The van der Waals surface area contributed by atoms with Gasteiger partial charge in [0.05, 0.1) is 25.3 Å². The number of aryl methyl sites for hydroxylation is 1. The van der Waals surface area contributed by atoms with E-state index in [1.165, 1.54) is 12.5 Å². The van der Waals surface area contributed by atoms with Crippen LogP contribution in [0.25, 0.3) is 11.1 Å². The summed E-state index contributed by atoms with van der Waals surface area (Å²) in [6, 6.07) is 13.5. The van der Waals surface area contributed by atoms with Crippen LogP contribution in [0.3, 0.4) is 0 Å². The minimum Gasteiger partial charge on any atom is -0.395 e. The van der Waals surface area contributed by atoms with Gasteiger partial charge >= 0.3 is 6.03 Å². The predicted octanol–water partition coefficient (Wildman–Crippen LogP) is 2.42. The summed E-state index contributed by atoms with van der Waals surface area (Å²) in [6.45, 7) is 2.94. The molecule has 31 heavy (non-hydrogen) atoms. The fraction of sp³-hybridized carbons (Fsp3) is 0.391. The number of carbonyl (C=O) groups excluding carboxylic acids is 2. The van der Waals surface area contributed by atoms with Crippen LogP contribution in [0.5, 0.6) is 0 Å². The minimum absolute atomic E-state index is 0. The van der Waals surface area contributed by atoms with Gasteiger partial charge in [0.1, 0.15) is 0 Å². The lowest BCUT2D eigenvalue weighted by Gasteiger charge is -2.25. The molecule has 0 aliphatic carbocycles. The highest BCUT2D eigenvalue weighted by atomic mass is 16.5. The van der Waals surface area contributed by atoms with E-state index >= 15 is 0 Å². The fourth-order valence-electron chi connectivity index (χ4n) is 2.84. The van der Waals surface area contributed by atoms with Crippen LogP contribution in [0.4, 0.5) is 4.79 Å². The van der Waals surface area contributed by atoms with Crippen LogP contribution < -0.4 is 10.6 Å². The Morgan fingerprint density at radius 3 is 2.06 bits per heavy atom. The number of hydrogen-bond donors (Lipinski definition) is 5. The molecule has 0 saturated heterocycles. The summed E-state index contributed by atoms with van der Waals surface area (Å²) in [7, 11) is 0. The molecule has 0 unspecified atom stereocenters. The van der Waals surface area contributed by atoms with Crippen LogP contribution in [0.15, 0.2) is 48.5 Å². The first-order valence-electron chi connectivity index (χ1n) is 9.89. The van der Waals surface area contributed by atoms with Gasteiger partial charge in [-0.3, -0.25) is 10.0 Å². The summed E-state index contributed by atoms with van der Waals surface area (Å²) in [5.41, 5.74) is 3.67. The molecule has 0 spiro atoms. The number of nitrogens with one attached hydrogen (secondary N) is 2. The normalized spacial score (nSPS) is 12.3. The molecule has 8 heteroatoms.